The highest BCUT2D eigenvalue weighted by Gasteiger charge is 2.23. The van der Waals surface area contributed by atoms with Crippen LogP contribution in [0.15, 0.2) is 54.7 Å². The number of aryl methyl sites for hydroxylation is 2. The zero-order valence-corrected chi connectivity index (χ0v) is 20.1. The first-order chi connectivity index (χ1) is 16.2. The number of nitrogens with zero attached hydrogens (tertiary/aromatic N) is 2. The summed E-state index contributed by atoms with van der Waals surface area (Å²) in [7, 11) is 0. The van der Waals surface area contributed by atoms with Crippen molar-refractivity contribution < 1.29 is 4.79 Å². The summed E-state index contributed by atoms with van der Waals surface area (Å²) in [5.41, 5.74) is 5.71. The molecule has 0 radical (unpaired) electrons. The Hall–Kier alpha value is -2.72. The van der Waals surface area contributed by atoms with E-state index in [9.17, 15) is 4.79 Å². The normalized spacial score (nSPS) is 15.0. The Morgan fingerprint density at radius 3 is 2.39 bits per heavy atom. The molecule has 1 N–H and O–H groups in total. The van der Waals surface area contributed by atoms with Crippen LogP contribution >= 0.6 is 0 Å². The molecule has 0 bridgehead atoms. The van der Waals surface area contributed by atoms with E-state index in [2.05, 4.69) is 71.5 Å². The summed E-state index contributed by atoms with van der Waals surface area (Å²) in [6, 6.07) is 17.4. The fourth-order valence-corrected chi connectivity index (χ4v) is 5.16. The third-order valence-corrected chi connectivity index (χ3v) is 7.00. The number of benzene rings is 2. The van der Waals surface area contributed by atoms with Gasteiger partial charge in [-0.25, -0.2) is 0 Å². The van der Waals surface area contributed by atoms with E-state index in [4.69, 9.17) is 0 Å². The van der Waals surface area contributed by atoms with Crippen LogP contribution in [0.25, 0.3) is 10.9 Å². The van der Waals surface area contributed by atoms with E-state index in [1.165, 1.54) is 55.2 Å². The fraction of sp³-hybridized carbons (Fsp3) is 0.448. The molecule has 1 saturated carbocycles. The molecular weight excluding hydrogens is 406 g/mol. The van der Waals surface area contributed by atoms with Crippen LogP contribution in [-0.4, -0.2) is 28.4 Å². The number of carbonyl (C=O) groups excluding carboxylic acids is 1. The van der Waals surface area contributed by atoms with Crippen molar-refractivity contribution in [3.63, 3.8) is 0 Å². The number of aromatic nitrogens is 1. The van der Waals surface area contributed by atoms with Gasteiger partial charge in [0.25, 0.3) is 0 Å². The fourth-order valence-electron chi connectivity index (χ4n) is 5.16. The molecule has 33 heavy (non-hydrogen) atoms. The van der Waals surface area contributed by atoms with E-state index >= 15 is 0 Å². The molecule has 1 heterocycles. The molecule has 4 rings (SSSR count). The van der Waals surface area contributed by atoms with Crippen molar-refractivity contribution in [3.05, 3.63) is 71.4 Å². The molecule has 3 aromatic rings. The molecule has 2 aromatic carbocycles. The Morgan fingerprint density at radius 1 is 0.970 bits per heavy atom. The van der Waals surface area contributed by atoms with Gasteiger partial charge in [-0.1, -0.05) is 69.9 Å². The van der Waals surface area contributed by atoms with Crippen molar-refractivity contribution in [2.45, 2.75) is 77.8 Å². The van der Waals surface area contributed by atoms with Crippen LogP contribution in [0.1, 0.15) is 69.1 Å². The van der Waals surface area contributed by atoms with Gasteiger partial charge in [0, 0.05) is 29.9 Å². The van der Waals surface area contributed by atoms with Gasteiger partial charge in [0.05, 0.1) is 12.1 Å². The SMILES string of the molecule is CCc1cccc(CC)c1NC(=O)CN(Cc1ccc2ncccc2c1)C1CCCCCC1. The Labute approximate surface area is 198 Å². The number of hydrogen-bond donors (Lipinski definition) is 1. The smallest absolute Gasteiger partial charge is 0.238 e. The number of anilines is 1. The van der Waals surface area contributed by atoms with E-state index in [0.717, 1.165) is 36.0 Å². The average molecular weight is 444 g/mol. The molecule has 4 heteroatoms. The molecule has 1 fully saturated rings. The van der Waals surface area contributed by atoms with E-state index in [1.54, 1.807) is 0 Å². The second kappa shape index (κ2) is 11.4. The summed E-state index contributed by atoms with van der Waals surface area (Å²) >= 11 is 0. The zero-order chi connectivity index (χ0) is 23.0. The maximum Gasteiger partial charge on any atom is 0.238 e. The van der Waals surface area contributed by atoms with Crippen LogP contribution in [0.4, 0.5) is 5.69 Å². The third-order valence-electron chi connectivity index (χ3n) is 7.00. The van der Waals surface area contributed by atoms with Gasteiger partial charge >= 0.3 is 0 Å². The maximum absolute atomic E-state index is 13.3. The van der Waals surface area contributed by atoms with Crippen molar-refractivity contribution >= 4 is 22.5 Å². The predicted molar refractivity (Wildman–Crippen MR) is 137 cm³/mol. The predicted octanol–water partition coefficient (Wildman–Crippen LogP) is 6.52. The molecule has 1 amide bonds. The molecule has 0 aliphatic heterocycles. The highest BCUT2D eigenvalue weighted by atomic mass is 16.2. The van der Waals surface area contributed by atoms with Crippen molar-refractivity contribution in [3.8, 4) is 0 Å². The van der Waals surface area contributed by atoms with Gasteiger partial charge < -0.3 is 5.32 Å². The van der Waals surface area contributed by atoms with Crippen molar-refractivity contribution in [2.75, 3.05) is 11.9 Å². The Balaban J connectivity index is 1.55. The zero-order valence-electron chi connectivity index (χ0n) is 20.1. The number of nitrogens with one attached hydrogen (secondary N) is 1. The number of carbonyl (C=O) groups is 1. The van der Waals surface area contributed by atoms with Crippen LogP contribution in [0.2, 0.25) is 0 Å². The summed E-state index contributed by atoms with van der Waals surface area (Å²) in [6.07, 6.45) is 11.1. The second-order valence-electron chi connectivity index (χ2n) is 9.29. The van der Waals surface area contributed by atoms with E-state index in [1.807, 2.05) is 12.3 Å². The van der Waals surface area contributed by atoms with Crippen LogP contribution < -0.4 is 5.32 Å². The molecular formula is C29H37N3O. The van der Waals surface area contributed by atoms with E-state index in [0.29, 0.717) is 12.6 Å². The van der Waals surface area contributed by atoms with Gasteiger partial charge in [-0.05, 0) is 60.6 Å². The first kappa shape index (κ1) is 23.4. The minimum atomic E-state index is 0.0947. The number of fused-ring (bicyclic) bond motifs is 1. The van der Waals surface area contributed by atoms with Crippen LogP contribution in [0, 0.1) is 0 Å². The van der Waals surface area contributed by atoms with E-state index < -0.39 is 0 Å². The topological polar surface area (TPSA) is 45.2 Å². The lowest BCUT2D eigenvalue weighted by atomic mass is 10.0. The lowest BCUT2D eigenvalue weighted by molar-refractivity contribution is -0.118. The second-order valence-corrected chi connectivity index (χ2v) is 9.29. The standard InChI is InChI=1S/C29H37N3O/c1-3-23-11-9-12-24(4-2)29(23)31-28(33)21-32(26-14-7-5-6-8-15-26)20-22-16-17-27-25(19-22)13-10-18-30-27/h9-13,16-19,26H,3-8,14-15,20-21H2,1-2H3,(H,31,33). The molecule has 1 aromatic heterocycles. The average Bonchev–Trinajstić information content (AvgIpc) is 3.13. The summed E-state index contributed by atoms with van der Waals surface area (Å²) in [5, 5.41) is 4.45. The molecule has 4 nitrogen and oxygen atoms in total. The van der Waals surface area contributed by atoms with Crippen LogP contribution in [0.3, 0.4) is 0 Å². The Kier molecular flexibility index (Phi) is 8.11. The quantitative estimate of drug-likeness (QED) is 0.403. The Morgan fingerprint density at radius 2 is 1.70 bits per heavy atom. The number of para-hydroxylation sites is 1. The van der Waals surface area contributed by atoms with E-state index in [-0.39, 0.29) is 5.91 Å². The number of amides is 1. The highest BCUT2D eigenvalue weighted by molar-refractivity contribution is 5.94. The Bertz CT molecular complexity index is 1050. The molecule has 0 unspecified atom stereocenters. The molecule has 0 atom stereocenters. The lowest BCUT2D eigenvalue weighted by Gasteiger charge is -2.31. The first-order valence-electron chi connectivity index (χ1n) is 12.7. The van der Waals surface area contributed by atoms with Gasteiger partial charge in [-0.3, -0.25) is 14.7 Å². The molecule has 0 spiro atoms. The first-order valence-corrected chi connectivity index (χ1v) is 12.7. The molecule has 1 aliphatic carbocycles. The highest BCUT2D eigenvalue weighted by Crippen LogP contribution is 2.26. The van der Waals surface area contributed by atoms with Gasteiger partial charge in [0.1, 0.15) is 0 Å². The molecule has 174 valence electrons. The molecule has 0 saturated heterocycles. The molecule has 1 aliphatic rings. The van der Waals surface area contributed by atoms with Crippen molar-refractivity contribution in [2.24, 2.45) is 0 Å². The lowest BCUT2D eigenvalue weighted by Crippen LogP contribution is -2.40. The van der Waals surface area contributed by atoms with Gasteiger partial charge in [-0.2, -0.15) is 0 Å². The summed E-state index contributed by atoms with van der Waals surface area (Å²) in [5.74, 6) is 0.0947. The van der Waals surface area contributed by atoms with Crippen molar-refractivity contribution in [1.29, 1.82) is 0 Å². The minimum Gasteiger partial charge on any atom is -0.324 e. The third kappa shape index (κ3) is 6.00. The van der Waals surface area contributed by atoms with Gasteiger partial charge in [-0.15, -0.1) is 0 Å². The summed E-state index contributed by atoms with van der Waals surface area (Å²) < 4.78 is 0. The van der Waals surface area contributed by atoms with Gasteiger partial charge in [0.2, 0.25) is 5.91 Å². The van der Waals surface area contributed by atoms with Gasteiger partial charge in [0.15, 0.2) is 0 Å². The summed E-state index contributed by atoms with van der Waals surface area (Å²) in [4.78, 5) is 20.2. The van der Waals surface area contributed by atoms with Crippen LogP contribution in [0.5, 0.6) is 0 Å². The largest absolute Gasteiger partial charge is 0.324 e. The van der Waals surface area contributed by atoms with Crippen molar-refractivity contribution in [1.82, 2.24) is 9.88 Å². The minimum absolute atomic E-state index is 0.0947. The number of hydrogen-bond acceptors (Lipinski definition) is 3. The van der Waals surface area contributed by atoms with Crippen LogP contribution in [-0.2, 0) is 24.2 Å². The number of rotatable bonds is 8. The monoisotopic (exact) mass is 443 g/mol. The maximum atomic E-state index is 13.3. The number of pyridine rings is 1. The summed E-state index contributed by atoms with van der Waals surface area (Å²) in [6.45, 7) is 5.52.